The van der Waals surface area contributed by atoms with Crippen LogP contribution < -0.4 is 15.8 Å². The maximum atomic E-state index is 15.0. The van der Waals surface area contributed by atoms with Crippen molar-refractivity contribution in [2.24, 2.45) is 0 Å². The highest BCUT2D eigenvalue weighted by Gasteiger charge is 2.41. The number of nitrogens with two attached hydrogens (primary N) is 1. The van der Waals surface area contributed by atoms with Gasteiger partial charge in [-0.05, 0) is 37.0 Å². The van der Waals surface area contributed by atoms with Crippen LogP contribution in [-0.2, 0) is 10.9 Å². The first kappa shape index (κ1) is 26.9. The number of hydrogen-bond donors (Lipinski definition) is 2. The van der Waals surface area contributed by atoms with Gasteiger partial charge in [0, 0.05) is 49.0 Å². The second-order valence-electron chi connectivity index (χ2n) is 8.72. The molecule has 4 aromatic rings. The Balaban J connectivity index is 1.42. The van der Waals surface area contributed by atoms with Crippen molar-refractivity contribution in [2.45, 2.75) is 24.9 Å². The molecule has 3 N–H and O–H groups in total. The van der Waals surface area contributed by atoms with Crippen LogP contribution in [0.15, 0.2) is 48.9 Å². The number of benzene rings is 1. The van der Waals surface area contributed by atoms with Crippen molar-refractivity contribution in [1.29, 1.82) is 0 Å². The SMILES string of the molecule is Nc1nccc(Oc2c(F)cc(NC(=O)c3cnn(-c4cccnn4)c3C(F)(F)F)cc2F)c1C1CCOCC1. The van der Waals surface area contributed by atoms with E-state index in [1.165, 1.54) is 30.6 Å². The number of pyridine rings is 1. The van der Waals surface area contributed by atoms with E-state index in [1.54, 1.807) is 0 Å². The van der Waals surface area contributed by atoms with Crippen LogP contribution in [0.3, 0.4) is 0 Å². The molecule has 0 aliphatic carbocycles. The van der Waals surface area contributed by atoms with Gasteiger partial charge in [0.25, 0.3) is 5.91 Å². The smallest absolute Gasteiger partial charge is 0.434 e. The van der Waals surface area contributed by atoms with Crippen LogP contribution in [0.1, 0.15) is 40.4 Å². The predicted octanol–water partition coefficient (Wildman–Crippen LogP) is 4.88. The molecule has 4 heterocycles. The summed E-state index contributed by atoms with van der Waals surface area (Å²) < 4.78 is 83.0. The summed E-state index contributed by atoms with van der Waals surface area (Å²) in [6, 6.07) is 5.41. The Morgan fingerprint density at radius 3 is 2.50 bits per heavy atom. The second kappa shape index (κ2) is 10.8. The lowest BCUT2D eigenvalue weighted by molar-refractivity contribution is -0.143. The number of amides is 1. The molecule has 0 spiro atoms. The second-order valence-corrected chi connectivity index (χ2v) is 8.72. The number of aromatic nitrogens is 5. The maximum absolute atomic E-state index is 15.0. The highest BCUT2D eigenvalue weighted by Crippen LogP contribution is 2.40. The van der Waals surface area contributed by atoms with E-state index in [0.29, 0.717) is 42.5 Å². The molecule has 3 aromatic heterocycles. The molecule has 0 bridgehead atoms. The van der Waals surface area contributed by atoms with E-state index in [4.69, 9.17) is 15.2 Å². The van der Waals surface area contributed by atoms with Gasteiger partial charge in [0.05, 0.1) is 11.8 Å². The molecule has 1 fully saturated rings. The lowest BCUT2D eigenvalue weighted by Crippen LogP contribution is -2.21. The lowest BCUT2D eigenvalue weighted by Gasteiger charge is -2.25. The van der Waals surface area contributed by atoms with E-state index >= 15 is 8.78 Å². The van der Waals surface area contributed by atoms with Crippen LogP contribution in [-0.4, -0.2) is 44.1 Å². The summed E-state index contributed by atoms with van der Waals surface area (Å²) in [6.07, 6.45) is -0.561. The zero-order chi connectivity index (χ0) is 28.4. The Hall–Kier alpha value is -4.66. The monoisotopic (exact) mass is 561 g/mol. The lowest BCUT2D eigenvalue weighted by atomic mass is 9.91. The molecular formula is C25H20F5N7O3. The normalized spacial score (nSPS) is 14.2. The molecule has 1 saturated heterocycles. The van der Waals surface area contributed by atoms with E-state index in [2.05, 4.69) is 25.6 Å². The van der Waals surface area contributed by atoms with Crippen LogP contribution in [0.4, 0.5) is 33.5 Å². The topological polar surface area (TPSA) is 130 Å². The highest BCUT2D eigenvalue weighted by molar-refractivity contribution is 6.05. The number of rotatable bonds is 6. The van der Waals surface area contributed by atoms with E-state index in [9.17, 15) is 18.0 Å². The molecule has 5 rings (SSSR count). The van der Waals surface area contributed by atoms with Crippen molar-refractivity contribution in [2.75, 3.05) is 24.3 Å². The Morgan fingerprint density at radius 2 is 1.85 bits per heavy atom. The minimum absolute atomic E-state index is 0.0974. The quantitative estimate of drug-likeness (QED) is 0.319. The minimum atomic E-state index is -5.02. The Morgan fingerprint density at radius 1 is 1.12 bits per heavy atom. The summed E-state index contributed by atoms with van der Waals surface area (Å²) in [4.78, 5) is 16.8. The number of nitrogens with one attached hydrogen (secondary N) is 1. The third-order valence-corrected chi connectivity index (χ3v) is 6.14. The van der Waals surface area contributed by atoms with Gasteiger partial charge in [0.2, 0.25) is 0 Å². The minimum Gasteiger partial charge on any atom is -0.451 e. The molecule has 0 unspecified atom stereocenters. The van der Waals surface area contributed by atoms with Crippen molar-refractivity contribution in [3.05, 3.63) is 77.4 Å². The molecule has 40 heavy (non-hydrogen) atoms. The summed E-state index contributed by atoms with van der Waals surface area (Å²) in [5.74, 6) is -4.67. The molecule has 0 radical (unpaired) electrons. The van der Waals surface area contributed by atoms with Crippen LogP contribution in [0.2, 0.25) is 0 Å². The molecule has 10 nitrogen and oxygen atoms in total. The molecule has 0 saturated carbocycles. The molecule has 208 valence electrons. The molecule has 15 heteroatoms. The fourth-order valence-electron chi connectivity index (χ4n) is 4.36. The Bertz CT molecular complexity index is 1520. The van der Waals surface area contributed by atoms with Gasteiger partial charge >= 0.3 is 6.18 Å². The van der Waals surface area contributed by atoms with E-state index < -0.39 is 46.4 Å². The molecule has 1 aliphatic heterocycles. The zero-order valence-corrected chi connectivity index (χ0v) is 20.5. The van der Waals surface area contributed by atoms with Gasteiger partial charge in [0.1, 0.15) is 11.6 Å². The molecule has 0 atom stereocenters. The van der Waals surface area contributed by atoms with Crippen LogP contribution >= 0.6 is 0 Å². The average Bonchev–Trinajstić information content (AvgIpc) is 3.38. The van der Waals surface area contributed by atoms with Gasteiger partial charge < -0.3 is 20.5 Å². The third kappa shape index (κ3) is 5.40. The first-order chi connectivity index (χ1) is 19.1. The number of nitrogens with zero attached hydrogens (tertiary/aromatic N) is 5. The summed E-state index contributed by atoms with van der Waals surface area (Å²) >= 11 is 0. The van der Waals surface area contributed by atoms with Crippen molar-refractivity contribution < 1.29 is 36.2 Å². The molecule has 1 amide bonds. The largest absolute Gasteiger partial charge is 0.451 e. The van der Waals surface area contributed by atoms with Crippen molar-refractivity contribution in [3.8, 4) is 17.3 Å². The molecule has 1 aliphatic rings. The molecule has 1 aromatic carbocycles. The number of carbonyl (C=O) groups excluding carboxylic acids is 1. The number of ether oxygens (including phenoxy) is 2. The standard InChI is InChI=1S/C25H20F5N7O3/c26-16-10-14(35-24(38)15-12-34-37(22(15)25(28,29)30)19-2-1-6-33-36-19)11-17(27)21(16)40-18-3-7-32-23(31)20(18)13-4-8-39-9-5-13/h1-3,6-7,10-13H,4-5,8-9H2,(H2,31,32)(H,35,38). The van der Waals surface area contributed by atoms with E-state index in [0.717, 1.165) is 12.1 Å². The average molecular weight is 561 g/mol. The zero-order valence-electron chi connectivity index (χ0n) is 20.5. The van der Waals surface area contributed by atoms with Crippen LogP contribution in [0, 0.1) is 11.6 Å². The Labute approximate surface area is 222 Å². The van der Waals surface area contributed by atoms with Gasteiger partial charge in [-0.2, -0.15) is 23.4 Å². The number of anilines is 2. The number of nitrogen functional groups attached to an aromatic ring is 1. The number of hydrogen-bond acceptors (Lipinski definition) is 8. The number of halogens is 5. The summed E-state index contributed by atoms with van der Waals surface area (Å²) in [5.41, 5.74) is 3.73. The first-order valence-electron chi connectivity index (χ1n) is 11.9. The highest BCUT2D eigenvalue weighted by atomic mass is 19.4. The number of alkyl halides is 3. The molecular weight excluding hydrogens is 541 g/mol. The summed E-state index contributed by atoms with van der Waals surface area (Å²) in [5, 5.41) is 12.8. The predicted molar refractivity (Wildman–Crippen MR) is 130 cm³/mol. The van der Waals surface area contributed by atoms with Gasteiger partial charge in [-0.25, -0.2) is 18.4 Å². The fourth-order valence-corrected chi connectivity index (χ4v) is 4.36. The Kier molecular flexibility index (Phi) is 7.30. The summed E-state index contributed by atoms with van der Waals surface area (Å²) in [7, 11) is 0. The maximum Gasteiger partial charge on any atom is 0.434 e. The third-order valence-electron chi connectivity index (χ3n) is 6.14. The van der Waals surface area contributed by atoms with Crippen LogP contribution in [0.25, 0.3) is 5.82 Å². The first-order valence-corrected chi connectivity index (χ1v) is 11.9. The number of carbonyl (C=O) groups is 1. The van der Waals surface area contributed by atoms with Crippen molar-refractivity contribution in [3.63, 3.8) is 0 Å². The summed E-state index contributed by atoms with van der Waals surface area (Å²) in [6.45, 7) is 0.951. The van der Waals surface area contributed by atoms with Crippen molar-refractivity contribution >= 4 is 17.4 Å². The van der Waals surface area contributed by atoms with Crippen LogP contribution in [0.5, 0.6) is 11.5 Å². The van der Waals surface area contributed by atoms with Gasteiger partial charge in [-0.15, -0.1) is 5.10 Å². The van der Waals surface area contributed by atoms with E-state index in [-0.39, 0.29) is 23.3 Å². The van der Waals surface area contributed by atoms with Gasteiger partial charge in [-0.3, -0.25) is 4.79 Å². The van der Waals surface area contributed by atoms with Crippen molar-refractivity contribution in [1.82, 2.24) is 25.0 Å². The van der Waals surface area contributed by atoms with Gasteiger partial charge in [0.15, 0.2) is 28.9 Å². The fraction of sp³-hybridized carbons (Fsp3) is 0.240. The van der Waals surface area contributed by atoms with Gasteiger partial charge in [-0.1, -0.05) is 0 Å². The van der Waals surface area contributed by atoms with E-state index in [1.807, 2.05) is 0 Å².